The molecule has 0 spiro atoms. The largest absolute Gasteiger partial charge is 0.360 e. The number of amides is 1. The smallest absolute Gasteiger partial charge is 0.232 e. The summed E-state index contributed by atoms with van der Waals surface area (Å²) in [5.74, 6) is 0.820. The first kappa shape index (κ1) is 11.4. The van der Waals surface area contributed by atoms with Crippen LogP contribution in [0.3, 0.4) is 0 Å². The summed E-state index contributed by atoms with van der Waals surface area (Å²) in [6.45, 7) is 3.64. The van der Waals surface area contributed by atoms with Crippen LogP contribution in [0.1, 0.15) is 24.2 Å². The number of hydrogen-bond acceptors (Lipinski definition) is 3. The Hall–Kier alpha value is -2.10. The molecule has 0 aliphatic rings. The maximum absolute atomic E-state index is 11.9. The average molecular weight is 230 g/mol. The third kappa shape index (κ3) is 2.72. The molecule has 4 heteroatoms. The van der Waals surface area contributed by atoms with Crippen molar-refractivity contribution in [2.45, 2.75) is 19.8 Å². The first-order chi connectivity index (χ1) is 8.16. The van der Waals surface area contributed by atoms with Crippen LogP contribution >= 0.6 is 0 Å². The Bertz CT molecular complexity index is 505. The van der Waals surface area contributed by atoms with Gasteiger partial charge in [-0.15, -0.1) is 0 Å². The van der Waals surface area contributed by atoms with Crippen LogP contribution in [0.25, 0.3) is 0 Å². The third-order valence-electron chi connectivity index (χ3n) is 2.57. The number of rotatable bonds is 3. The predicted octanol–water partition coefficient (Wildman–Crippen LogP) is 2.73. The summed E-state index contributed by atoms with van der Waals surface area (Å²) in [7, 11) is 0. The van der Waals surface area contributed by atoms with Crippen LogP contribution in [0.5, 0.6) is 0 Å². The molecule has 1 heterocycles. The van der Waals surface area contributed by atoms with E-state index in [-0.39, 0.29) is 11.8 Å². The fraction of sp³-hybridized carbons (Fsp3) is 0.231. The second kappa shape index (κ2) is 4.82. The Balaban J connectivity index is 2.06. The number of aromatic nitrogens is 1. The van der Waals surface area contributed by atoms with Crippen LogP contribution in [0.2, 0.25) is 0 Å². The summed E-state index contributed by atoms with van der Waals surface area (Å²) in [6.07, 6.45) is 0. The fourth-order valence-corrected chi connectivity index (χ4v) is 1.55. The molecule has 0 aliphatic heterocycles. The van der Waals surface area contributed by atoms with Gasteiger partial charge in [0.1, 0.15) is 5.76 Å². The van der Waals surface area contributed by atoms with Gasteiger partial charge in [0, 0.05) is 6.07 Å². The highest BCUT2D eigenvalue weighted by Crippen LogP contribution is 2.17. The monoisotopic (exact) mass is 230 g/mol. The lowest BCUT2D eigenvalue weighted by Crippen LogP contribution is -2.18. The van der Waals surface area contributed by atoms with Gasteiger partial charge < -0.3 is 9.84 Å². The van der Waals surface area contributed by atoms with E-state index in [0.717, 1.165) is 5.56 Å². The van der Waals surface area contributed by atoms with E-state index >= 15 is 0 Å². The highest BCUT2D eigenvalue weighted by molar-refractivity contribution is 5.94. The first-order valence-corrected chi connectivity index (χ1v) is 5.46. The maximum Gasteiger partial charge on any atom is 0.232 e. The lowest BCUT2D eigenvalue weighted by atomic mass is 10.0. The fourth-order valence-electron chi connectivity index (χ4n) is 1.55. The van der Waals surface area contributed by atoms with Gasteiger partial charge in [-0.2, -0.15) is 0 Å². The van der Waals surface area contributed by atoms with Crippen molar-refractivity contribution in [2.75, 3.05) is 5.32 Å². The molecule has 88 valence electrons. The number of nitrogens with one attached hydrogen (secondary N) is 1. The van der Waals surface area contributed by atoms with Crippen LogP contribution in [0.15, 0.2) is 40.9 Å². The Morgan fingerprint density at radius 3 is 2.65 bits per heavy atom. The van der Waals surface area contributed by atoms with Gasteiger partial charge in [0.15, 0.2) is 5.82 Å². The summed E-state index contributed by atoms with van der Waals surface area (Å²) in [5, 5.41) is 6.44. The van der Waals surface area contributed by atoms with E-state index in [1.54, 1.807) is 13.0 Å². The van der Waals surface area contributed by atoms with Crippen molar-refractivity contribution >= 4 is 11.7 Å². The maximum atomic E-state index is 11.9. The minimum atomic E-state index is -0.215. The third-order valence-corrected chi connectivity index (χ3v) is 2.57. The van der Waals surface area contributed by atoms with Gasteiger partial charge >= 0.3 is 0 Å². The zero-order chi connectivity index (χ0) is 12.3. The topological polar surface area (TPSA) is 55.1 Å². The molecule has 0 saturated heterocycles. The molecule has 0 bridgehead atoms. The number of carbonyl (C=O) groups is 1. The van der Waals surface area contributed by atoms with Crippen LogP contribution < -0.4 is 5.32 Å². The van der Waals surface area contributed by atoms with Gasteiger partial charge in [0.25, 0.3) is 0 Å². The molecule has 1 atom stereocenters. The molecular weight excluding hydrogens is 216 g/mol. The Kier molecular flexibility index (Phi) is 3.23. The van der Waals surface area contributed by atoms with Crippen molar-refractivity contribution in [3.8, 4) is 0 Å². The van der Waals surface area contributed by atoms with Gasteiger partial charge in [-0.1, -0.05) is 35.5 Å². The number of aryl methyl sites for hydroxylation is 1. The van der Waals surface area contributed by atoms with Gasteiger partial charge in [-0.05, 0) is 19.4 Å². The van der Waals surface area contributed by atoms with Gasteiger partial charge in [0.05, 0.1) is 5.92 Å². The summed E-state index contributed by atoms with van der Waals surface area (Å²) < 4.78 is 4.89. The molecule has 4 nitrogen and oxygen atoms in total. The number of nitrogens with zero attached hydrogens (tertiary/aromatic N) is 1. The van der Waals surface area contributed by atoms with Crippen LogP contribution in [0, 0.1) is 6.92 Å². The molecular formula is C13H14N2O2. The quantitative estimate of drug-likeness (QED) is 0.882. The van der Waals surface area contributed by atoms with Gasteiger partial charge in [-0.3, -0.25) is 4.79 Å². The zero-order valence-electron chi connectivity index (χ0n) is 9.81. The van der Waals surface area contributed by atoms with Crippen molar-refractivity contribution in [1.29, 1.82) is 0 Å². The number of anilines is 1. The molecule has 0 saturated carbocycles. The lowest BCUT2D eigenvalue weighted by molar-refractivity contribution is -0.117. The number of carbonyl (C=O) groups excluding carboxylic acids is 1. The second-order valence-electron chi connectivity index (χ2n) is 3.94. The molecule has 17 heavy (non-hydrogen) atoms. The summed E-state index contributed by atoms with van der Waals surface area (Å²) in [6, 6.07) is 11.3. The van der Waals surface area contributed by atoms with Gasteiger partial charge in [-0.25, -0.2) is 0 Å². The molecule has 1 aromatic heterocycles. The molecule has 0 radical (unpaired) electrons. The van der Waals surface area contributed by atoms with Crippen LogP contribution in [-0.2, 0) is 4.79 Å². The zero-order valence-corrected chi connectivity index (χ0v) is 9.81. The molecule has 2 rings (SSSR count). The van der Waals surface area contributed by atoms with E-state index in [1.807, 2.05) is 37.3 Å². The number of hydrogen-bond donors (Lipinski definition) is 1. The Morgan fingerprint density at radius 1 is 1.35 bits per heavy atom. The van der Waals surface area contributed by atoms with E-state index in [0.29, 0.717) is 11.6 Å². The summed E-state index contributed by atoms with van der Waals surface area (Å²) >= 11 is 0. The molecule has 2 aromatic rings. The SMILES string of the molecule is Cc1cc(NC(=O)[C@H](C)c2ccccc2)no1. The van der Waals surface area contributed by atoms with E-state index in [4.69, 9.17) is 4.52 Å². The molecule has 1 amide bonds. The summed E-state index contributed by atoms with van der Waals surface area (Å²) in [5.41, 5.74) is 0.977. The predicted molar refractivity (Wildman–Crippen MR) is 64.7 cm³/mol. The molecule has 1 aromatic carbocycles. The summed E-state index contributed by atoms with van der Waals surface area (Å²) in [4.78, 5) is 11.9. The molecule has 1 N–H and O–H groups in total. The van der Waals surface area contributed by atoms with E-state index in [1.165, 1.54) is 0 Å². The lowest BCUT2D eigenvalue weighted by Gasteiger charge is -2.10. The first-order valence-electron chi connectivity index (χ1n) is 5.46. The Morgan fingerprint density at radius 2 is 2.06 bits per heavy atom. The van der Waals surface area contributed by atoms with E-state index in [2.05, 4.69) is 10.5 Å². The molecule has 0 fully saturated rings. The normalized spacial score (nSPS) is 12.1. The molecule has 0 aliphatic carbocycles. The molecule has 0 unspecified atom stereocenters. The second-order valence-corrected chi connectivity index (χ2v) is 3.94. The number of benzene rings is 1. The highest BCUT2D eigenvalue weighted by Gasteiger charge is 2.16. The van der Waals surface area contributed by atoms with Crippen molar-refractivity contribution in [2.24, 2.45) is 0 Å². The van der Waals surface area contributed by atoms with Crippen molar-refractivity contribution in [3.63, 3.8) is 0 Å². The van der Waals surface area contributed by atoms with Crippen molar-refractivity contribution in [3.05, 3.63) is 47.7 Å². The average Bonchev–Trinajstić information content (AvgIpc) is 2.75. The Labute approximate surface area is 99.6 Å². The highest BCUT2D eigenvalue weighted by atomic mass is 16.5. The minimum absolute atomic E-state index is 0.0931. The standard InChI is InChI=1S/C13H14N2O2/c1-9-8-12(15-17-9)14-13(16)10(2)11-6-4-3-5-7-11/h3-8,10H,1-2H3,(H,14,15,16)/t10-/m1/s1. The van der Waals surface area contributed by atoms with E-state index in [9.17, 15) is 4.79 Å². The van der Waals surface area contributed by atoms with E-state index < -0.39 is 0 Å². The van der Waals surface area contributed by atoms with Gasteiger partial charge in [0.2, 0.25) is 5.91 Å². The van der Waals surface area contributed by atoms with Crippen molar-refractivity contribution in [1.82, 2.24) is 5.16 Å². The minimum Gasteiger partial charge on any atom is -0.360 e. The van der Waals surface area contributed by atoms with Crippen LogP contribution in [0.4, 0.5) is 5.82 Å². The van der Waals surface area contributed by atoms with Crippen LogP contribution in [-0.4, -0.2) is 11.1 Å². The van der Waals surface area contributed by atoms with Crippen molar-refractivity contribution < 1.29 is 9.32 Å².